The Hall–Kier alpha value is -0.580. The first kappa shape index (κ1) is 19.5. The van der Waals surface area contributed by atoms with E-state index >= 15 is 0 Å². The zero-order valence-electron chi connectivity index (χ0n) is 14.0. The molecule has 126 valence electrons. The molecule has 0 radical (unpaired) electrons. The van der Waals surface area contributed by atoms with E-state index in [0.29, 0.717) is 17.8 Å². The van der Waals surface area contributed by atoms with Gasteiger partial charge in [0.05, 0.1) is 5.41 Å². The summed E-state index contributed by atoms with van der Waals surface area (Å²) < 4.78 is 5.57. The number of halogens is 1. The Morgan fingerprint density at radius 1 is 1.32 bits per heavy atom. The minimum Gasteiger partial charge on any atom is -0.425 e. The van der Waals surface area contributed by atoms with Crippen molar-refractivity contribution in [3.63, 3.8) is 0 Å². The maximum atomic E-state index is 12.5. The molecule has 0 unspecified atom stereocenters. The maximum absolute atomic E-state index is 12.5. The molecule has 0 bridgehead atoms. The van der Waals surface area contributed by atoms with Gasteiger partial charge in [0.25, 0.3) is 0 Å². The summed E-state index contributed by atoms with van der Waals surface area (Å²) in [7, 11) is 0. The van der Waals surface area contributed by atoms with Crippen LogP contribution in [0.25, 0.3) is 0 Å². The monoisotopic (exact) mass is 345 g/mol. The minimum absolute atomic E-state index is 0. The lowest BCUT2D eigenvalue weighted by atomic mass is 9.66. The molecule has 1 aromatic rings. The third-order valence-electron chi connectivity index (χ3n) is 4.62. The summed E-state index contributed by atoms with van der Waals surface area (Å²) in [6.45, 7) is 9.84. The number of rotatable bonds is 7. The third-order valence-corrected chi connectivity index (χ3v) is 5.29. The zero-order chi connectivity index (χ0) is 15.5. The van der Waals surface area contributed by atoms with Crippen molar-refractivity contribution in [3.8, 4) is 5.75 Å². The average molecular weight is 346 g/mol. The Kier molecular flexibility index (Phi) is 7.36. The summed E-state index contributed by atoms with van der Waals surface area (Å²) in [5.74, 6) is 0.667. The minimum atomic E-state index is -0.246. The number of thiophene rings is 1. The quantitative estimate of drug-likeness (QED) is 0.667. The maximum Gasteiger partial charge on any atom is 0.317 e. The van der Waals surface area contributed by atoms with Crippen LogP contribution in [0, 0.1) is 5.41 Å². The van der Waals surface area contributed by atoms with Gasteiger partial charge in [0.15, 0.2) is 0 Å². The number of carbonyl (C=O) groups is 1. The van der Waals surface area contributed by atoms with E-state index in [0.717, 1.165) is 32.2 Å². The lowest BCUT2D eigenvalue weighted by Crippen LogP contribution is -2.46. The molecule has 1 saturated carbocycles. The molecule has 22 heavy (non-hydrogen) atoms. The molecule has 0 atom stereocenters. The Morgan fingerprint density at radius 3 is 2.36 bits per heavy atom. The Morgan fingerprint density at radius 2 is 1.95 bits per heavy atom. The van der Waals surface area contributed by atoms with Crippen molar-refractivity contribution >= 4 is 29.7 Å². The predicted octanol–water partition coefficient (Wildman–Crippen LogP) is 4.75. The van der Waals surface area contributed by atoms with Gasteiger partial charge < -0.3 is 4.74 Å². The summed E-state index contributed by atoms with van der Waals surface area (Å²) in [6.07, 6.45) is 3.99. The van der Waals surface area contributed by atoms with Crippen molar-refractivity contribution in [2.75, 3.05) is 6.54 Å². The van der Waals surface area contributed by atoms with Gasteiger partial charge in [-0.3, -0.25) is 9.69 Å². The number of hydrogen-bond donors (Lipinski definition) is 0. The number of esters is 1. The Labute approximate surface area is 144 Å². The van der Waals surface area contributed by atoms with Crippen LogP contribution in [0.2, 0.25) is 0 Å². The molecule has 2 rings (SSSR count). The summed E-state index contributed by atoms with van der Waals surface area (Å²) >= 11 is 1.56. The molecule has 0 aromatic carbocycles. The highest BCUT2D eigenvalue weighted by Gasteiger charge is 2.45. The summed E-state index contributed by atoms with van der Waals surface area (Å²) in [6, 6.07) is 2.88. The van der Waals surface area contributed by atoms with Gasteiger partial charge in [-0.2, -0.15) is 0 Å². The van der Waals surface area contributed by atoms with Crippen LogP contribution in [-0.4, -0.2) is 29.5 Å². The fourth-order valence-corrected chi connectivity index (χ4v) is 3.69. The van der Waals surface area contributed by atoms with Crippen LogP contribution in [0.1, 0.15) is 53.4 Å². The molecule has 5 heteroatoms. The standard InChI is InChI=1S/C17H27NO2S.ClH/c1-13(2)18(14(3)4)10-9-17(7-5-8-17)16(19)20-15-6-11-21-12-15;/h6,11-14H,5,7-10H2,1-4H3;1H. The Balaban J connectivity index is 0.00000242. The molecule has 0 aliphatic heterocycles. The molecule has 0 N–H and O–H groups in total. The highest BCUT2D eigenvalue weighted by atomic mass is 35.5. The topological polar surface area (TPSA) is 29.5 Å². The first-order valence-corrected chi connectivity index (χ1v) is 8.89. The number of carbonyl (C=O) groups excluding carboxylic acids is 1. The van der Waals surface area contributed by atoms with Crippen LogP contribution in [0.15, 0.2) is 16.8 Å². The van der Waals surface area contributed by atoms with Crippen molar-refractivity contribution in [2.45, 2.75) is 65.5 Å². The van der Waals surface area contributed by atoms with Crippen LogP contribution < -0.4 is 4.74 Å². The average Bonchev–Trinajstić information content (AvgIpc) is 2.83. The van der Waals surface area contributed by atoms with E-state index in [4.69, 9.17) is 4.74 Å². The number of ether oxygens (including phenoxy) is 1. The highest BCUT2D eigenvalue weighted by Crippen LogP contribution is 2.45. The van der Waals surface area contributed by atoms with Crippen LogP contribution >= 0.6 is 23.7 Å². The second kappa shape index (κ2) is 8.32. The van der Waals surface area contributed by atoms with Crippen molar-refractivity contribution in [3.05, 3.63) is 16.8 Å². The van der Waals surface area contributed by atoms with Crippen LogP contribution in [0.4, 0.5) is 0 Å². The van der Waals surface area contributed by atoms with E-state index in [-0.39, 0.29) is 23.8 Å². The molecule has 1 aliphatic rings. The molecule has 1 aromatic heterocycles. The van der Waals surface area contributed by atoms with E-state index < -0.39 is 0 Å². The highest BCUT2D eigenvalue weighted by molar-refractivity contribution is 7.08. The molecular weight excluding hydrogens is 318 g/mol. The van der Waals surface area contributed by atoms with Gasteiger partial charge in [0.1, 0.15) is 5.75 Å². The zero-order valence-corrected chi connectivity index (χ0v) is 15.6. The SMILES string of the molecule is CC(C)N(CCC1(C(=O)Oc2ccsc2)CCC1)C(C)C.Cl. The van der Waals surface area contributed by atoms with Gasteiger partial charge in [-0.15, -0.1) is 23.7 Å². The van der Waals surface area contributed by atoms with Crippen LogP contribution in [-0.2, 0) is 4.79 Å². The van der Waals surface area contributed by atoms with Gasteiger partial charge in [0.2, 0.25) is 0 Å². The normalized spacial score (nSPS) is 16.5. The largest absolute Gasteiger partial charge is 0.425 e. The molecule has 1 aliphatic carbocycles. The lowest BCUT2D eigenvalue weighted by Gasteiger charge is -2.41. The second-order valence-corrected chi connectivity index (χ2v) is 7.44. The van der Waals surface area contributed by atoms with Crippen LogP contribution in [0.5, 0.6) is 5.75 Å². The third kappa shape index (κ3) is 4.46. The second-order valence-electron chi connectivity index (χ2n) is 6.66. The van der Waals surface area contributed by atoms with Crippen molar-refractivity contribution < 1.29 is 9.53 Å². The van der Waals surface area contributed by atoms with E-state index in [9.17, 15) is 4.79 Å². The first-order valence-electron chi connectivity index (χ1n) is 7.95. The van der Waals surface area contributed by atoms with Gasteiger partial charge in [-0.1, -0.05) is 6.42 Å². The predicted molar refractivity (Wildman–Crippen MR) is 95.1 cm³/mol. The molecule has 0 saturated heterocycles. The van der Waals surface area contributed by atoms with Crippen molar-refractivity contribution in [1.29, 1.82) is 0 Å². The van der Waals surface area contributed by atoms with E-state index in [1.165, 1.54) is 0 Å². The molecule has 3 nitrogen and oxygen atoms in total. The van der Waals surface area contributed by atoms with Gasteiger partial charge >= 0.3 is 5.97 Å². The van der Waals surface area contributed by atoms with Gasteiger partial charge in [-0.05, 0) is 64.9 Å². The summed E-state index contributed by atoms with van der Waals surface area (Å²) in [5, 5.41) is 3.83. The van der Waals surface area contributed by atoms with Crippen molar-refractivity contribution in [1.82, 2.24) is 4.90 Å². The lowest BCUT2D eigenvalue weighted by molar-refractivity contribution is -0.152. The van der Waals surface area contributed by atoms with E-state index in [2.05, 4.69) is 32.6 Å². The molecule has 0 spiro atoms. The summed E-state index contributed by atoms with van der Waals surface area (Å²) in [5.41, 5.74) is -0.246. The Bertz CT molecular complexity index is 447. The molecule has 1 heterocycles. The molecule has 0 amide bonds. The summed E-state index contributed by atoms with van der Waals surface area (Å²) in [4.78, 5) is 15.0. The molecule has 1 fully saturated rings. The van der Waals surface area contributed by atoms with Crippen LogP contribution in [0.3, 0.4) is 0 Å². The fourth-order valence-electron chi connectivity index (χ4n) is 3.14. The number of hydrogen-bond acceptors (Lipinski definition) is 4. The van der Waals surface area contributed by atoms with E-state index in [1.54, 1.807) is 11.3 Å². The number of nitrogens with zero attached hydrogens (tertiary/aromatic N) is 1. The fraction of sp³-hybridized carbons (Fsp3) is 0.706. The van der Waals surface area contributed by atoms with Crippen molar-refractivity contribution in [2.24, 2.45) is 5.41 Å². The smallest absolute Gasteiger partial charge is 0.317 e. The first-order chi connectivity index (χ1) is 9.94. The van der Waals surface area contributed by atoms with Gasteiger partial charge in [0, 0.05) is 17.5 Å². The van der Waals surface area contributed by atoms with E-state index in [1.807, 2.05) is 16.8 Å². The van der Waals surface area contributed by atoms with Gasteiger partial charge in [-0.25, -0.2) is 0 Å². The molecular formula is C17H28ClNO2S.